The Morgan fingerprint density at radius 1 is 1.09 bits per heavy atom. The fourth-order valence-corrected chi connectivity index (χ4v) is 4.75. The van der Waals surface area contributed by atoms with Gasteiger partial charge in [-0.25, -0.2) is 4.79 Å². The van der Waals surface area contributed by atoms with Crippen LogP contribution in [0.4, 0.5) is 0 Å². The number of amides is 1. The van der Waals surface area contributed by atoms with Crippen LogP contribution in [-0.4, -0.2) is 26.2 Å². The second-order valence-corrected chi connectivity index (χ2v) is 9.23. The van der Waals surface area contributed by atoms with Crippen molar-refractivity contribution in [3.05, 3.63) is 106 Å². The van der Waals surface area contributed by atoms with E-state index in [1.807, 2.05) is 55.5 Å². The van der Waals surface area contributed by atoms with Gasteiger partial charge in [-0.05, 0) is 41.8 Å². The summed E-state index contributed by atoms with van der Waals surface area (Å²) < 4.78 is 6.12. The average Bonchev–Trinajstić information content (AvgIpc) is 3.07. The van der Waals surface area contributed by atoms with Gasteiger partial charge >= 0.3 is 5.97 Å². The third-order valence-electron chi connectivity index (χ3n) is 5.11. The fraction of sp³-hybridized carbons (Fsp3) is 0.115. The molecule has 3 aromatic rings. The van der Waals surface area contributed by atoms with Gasteiger partial charge in [0.1, 0.15) is 16.7 Å². The van der Waals surface area contributed by atoms with Crippen molar-refractivity contribution in [1.29, 1.82) is 0 Å². The number of rotatable bonds is 7. The van der Waals surface area contributed by atoms with Crippen LogP contribution in [0.1, 0.15) is 28.3 Å². The zero-order valence-corrected chi connectivity index (χ0v) is 19.4. The summed E-state index contributed by atoms with van der Waals surface area (Å²) in [7, 11) is 0. The van der Waals surface area contributed by atoms with Crippen LogP contribution >= 0.6 is 24.0 Å². The Bertz CT molecular complexity index is 1220. The molecule has 3 aromatic carbocycles. The number of aryl methyl sites for hydroxylation is 1. The van der Waals surface area contributed by atoms with Crippen molar-refractivity contribution in [3.63, 3.8) is 0 Å². The zero-order valence-electron chi connectivity index (χ0n) is 17.8. The molecule has 1 atom stereocenters. The van der Waals surface area contributed by atoms with E-state index in [4.69, 9.17) is 17.0 Å². The number of aliphatic carboxylic acids is 1. The highest BCUT2D eigenvalue weighted by atomic mass is 32.2. The molecule has 1 unspecified atom stereocenters. The van der Waals surface area contributed by atoms with Crippen LogP contribution in [-0.2, 0) is 16.2 Å². The summed E-state index contributed by atoms with van der Waals surface area (Å²) in [6.07, 6.45) is 1.71. The smallest absolute Gasteiger partial charge is 0.331 e. The molecule has 4 rings (SSSR count). The molecule has 0 aliphatic carbocycles. The van der Waals surface area contributed by atoms with Gasteiger partial charge in [0, 0.05) is 0 Å². The highest BCUT2D eigenvalue weighted by Crippen LogP contribution is 2.38. The van der Waals surface area contributed by atoms with Crippen molar-refractivity contribution in [2.75, 3.05) is 0 Å². The van der Waals surface area contributed by atoms with E-state index >= 15 is 0 Å². The number of benzene rings is 3. The number of carboxylic acids is 1. The van der Waals surface area contributed by atoms with Crippen LogP contribution in [0.3, 0.4) is 0 Å². The van der Waals surface area contributed by atoms with Gasteiger partial charge in [-0.2, -0.15) is 0 Å². The van der Waals surface area contributed by atoms with Crippen LogP contribution in [0.2, 0.25) is 0 Å². The Hall–Kier alpha value is -3.42. The van der Waals surface area contributed by atoms with Gasteiger partial charge in [0.05, 0.1) is 4.91 Å². The molecule has 1 N–H and O–H groups in total. The first-order valence-corrected chi connectivity index (χ1v) is 11.5. The van der Waals surface area contributed by atoms with Gasteiger partial charge in [0.15, 0.2) is 6.04 Å². The van der Waals surface area contributed by atoms with Crippen molar-refractivity contribution < 1.29 is 19.4 Å². The molecule has 0 aromatic heterocycles. The molecule has 7 heteroatoms. The van der Waals surface area contributed by atoms with Gasteiger partial charge in [-0.15, -0.1) is 0 Å². The Morgan fingerprint density at radius 3 is 2.52 bits per heavy atom. The van der Waals surface area contributed by atoms with Gasteiger partial charge in [-0.1, -0.05) is 96.3 Å². The van der Waals surface area contributed by atoms with Crippen molar-refractivity contribution >= 4 is 46.3 Å². The van der Waals surface area contributed by atoms with Crippen molar-refractivity contribution in [3.8, 4) is 5.75 Å². The van der Waals surface area contributed by atoms with Crippen LogP contribution < -0.4 is 4.74 Å². The highest BCUT2D eigenvalue weighted by molar-refractivity contribution is 8.26. The minimum absolute atomic E-state index is 0.217. The minimum Gasteiger partial charge on any atom is -0.489 e. The standard InChI is InChI=1S/C26H21NO4S2/c1-17-10-12-18(13-11-17)16-31-21-9-5-6-19(14-21)15-22-24(28)27(26(32)33-22)23(25(29)30)20-7-3-2-4-8-20/h2-15,23H,16H2,1H3,(H,29,30)/b22-15-. The van der Waals surface area contributed by atoms with Crippen molar-refractivity contribution in [2.24, 2.45) is 0 Å². The topological polar surface area (TPSA) is 66.8 Å². The van der Waals surface area contributed by atoms with Crippen LogP contribution in [0.5, 0.6) is 5.75 Å². The molecule has 0 saturated carbocycles. The number of carbonyl (C=O) groups excluding carboxylic acids is 1. The van der Waals surface area contributed by atoms with E-state index < -0.39 is 17.9 Å². The normalized spacial score (nSPS) is 15.7. The van der Waals surface area contributed by atoms with E-state index in [2.05, 4.69) is 0 Å². The van der Waals surface area contributed by atoms with Gasteiger partial charge in [0.2, 0.25) is 0 Å². The first-order valence-electron chi connectivity index (χ1n) is 10.3. The number of ether oxygens (including phenoxy) is 1. The third-order valence-corrected chi connectivity index (χ3v) is 6.44. The molecule has 1 aliphatic rings. The molecule has 1 aliphatic heterocycles. The quantitative estimate of drug-likeness (QED) is 0.354. The lowest BCUT2D eigenvalue weighted by Gasteiger charge is -2.23. The third kappa shape index (κ3) is 5.32. The number of carbonyl (C=O) groups is 2. The summed E-state index contributed by atoms with van der Waals surface area (Å²) in [5, 5.41) is 9.80. The number of hydrogen-bond acceptors (Lipinski definition) is 5. The molecular weight excluding hydrogens is 454 g/mol. The number of nitrogens with zero attached hydrogens (tertiary/aromatic N) is 1. The molecule has 5 nitrogen and oxygen atoms in total. The summed E-state index contributed by atoms with van der Waals surface area (Å²) in [5.74, 6) is -0.884. The summed E-state index contributed by atoms with van der Waals surface area (Å²) >= 11 is 6.48. The summed E-state index contributed by atoms with van der Waals surface area (Å²) in [5.41, 5.74) is 3.51. The second-order valence-electron chi connectivity index (χ2n) is 7.55. The largest absolute Gasteiger partial charge is 0.489 e. The number of thioether (sulfide) groups is 1. The maximum absolute atomic E-state index is 13.1. The molecule has 1 heterocycles. The van der Waals surface area contributed by atoms with E-state index in [0.717, 1.165) is 22.9 Å². The molecule has 1 saturated heterocycles. The van der Waals surface area contributed by atoms with Crippen LogP contribution in [0.25, 0.3) is 6.08 Å². The van der Waals surface area contributed by atoms with Crippen LogP contribution in [0.15, 0.2) is 83.8 Å². The van der Waals surface area contributed by atoms with Crippen molar-refractivity contribution in [1.82, 2.24) is 4.90 Å². The number of hydrogen-bond donors (Lipinski definition) is 1. The first kappa shape index (κ1) is 22.8. The van der Waals surface area contributed by atoms with E-state index in [-0.39, 0.29) is 4.32 Å². The lowest BCUT2D eigenvalue weighted by Crippen LogP contribution is -2.37. The Labute approximate surface area is 201 Å². The Balaban J connectivity index is 1.53. The minimum atomic E-state index is -1.17. The van der Waals surface area contributed by atoms with Crippen LogP contribution in [0, 0.1) is 6.92 Å². The highest BCUT2D eigenvalue weighted by Gasteiger charge is 2.41. The Kier molecular flexibility index (Phi) is 6.91. The molecule has 1 fully saturated rings. The predicted molar refractivity (Wildman–Crippen MR) is 134 cm³/mol. The zero-order chi connectivity index (χ0) is 23.4. The number of thiocarbonyl (C=S) groups is 1. The van der Waals surface area contributed by atoms with Gasteiger partial charge in [0.25, 0.3) is 5.91 Å². The van der Waals surface area contributed by atoms with Crippen molar-refractivity contribution in [2.45, 2.75) is 19.6 Å². The molecule has 1 amide bonds. The van der Waals surface area contributed by atoms with Gasteiger partial charge < -0.3 is 9.84 Å². The summed E-state index contributed by atoms with van der Waals surface area (Å²) in [6, 6.07) is 23.0. The first-order chi connectivity index (χ1) is 15.9. The maximum Gasteiger partial charge on any atom is 0.331 e. The molecule has 33 heavy (non-hydrogen) atoms. The summed E-state index contributed by atoms with van der Waals surface area (Å²) in [4.78, 5) is 26.7. The SMILES string of the molecule is Cc1ccc(COc2cccc(/C=C3\SC(=S)N(C(C(=O)O)c4ccccc4)C3=O)c2)cc1. The lowest BCUT2D eigenvalue weighted by atomic mass is 10.1. The van der Waals surface area contributed by atoms with Gasteiger partial charge in [-0.3, -0.25) is 9.69 Å². The summed E-state index contributed by atoms with van der Waals surface area (Å²) in [6.45, 7) is 2.47. The fourth-order valence-electron chi connectivity index (χ4n) is 3.44. The Morgan fingerprint density at radius 2 is 1.82 bits per heavy atom. The van der Waals surface area contributed by atoms with E-state index in [9.17, 15) is 14.7 Å². The lowest BCUT2D eigenvalue weighted by molar-refractivity contribution is -0.145. The van der Waals surface area contributed by atoms with E-state index in [1.54, 1.807) is 36.4 Å². The molecule has 0 bridgehead atoms. The maximum atomic E-state index is 13.1. The predicted octanol–water partition coefficient (Wildman–Crippen LogP) is 5.60. The van der Waals surface area contributed by atoms with E-state index in [1.165, 1.54) is 10.5 Å². The molecule has 0 spiro atoms. The van der Waals surface area contributed by atoms with E-state index in [0.29, 0.717) is 22.8 Å². The average molecular weight is 476 g/mol. The second kappa shape index (κ2) is 10.0. The molecule has 166 valence electrons. The monoisotopic (exact) mass is 475 g/mol. The molecule has 0 radical (unpaired) electrons. The number of carboxylic acid groups (broad SMARTS) is 1. The molecular formula is C26H21NO4S2.